The van der Waals surface area contributed by atoms with Crippen molar-refractivity contribution in [2.75, 3.05) is 30.3 Å². The summed E-state index contributed by atoms with van der Waals surface area (Å²) in [4.78, 5) is 26.6. The summed E-state index contributed by atoms with van der Waals surface area (Å²) in [5, 5.41) is 5.54. The van der Waals surface area contributed by atoms with E-state index in [0.717, 1.165) is 23.4 Å². The maximum Gasteiger partial charge on any atom is 0.416 e. The first-order valence-corrected chi connectivity index (χ1v) is 9.78. The lowest BCUT2D eigenvalue weighted by molar-refractivity contribution is -0.137. The van der Waals surface area contributed by atoms with Gasteiger partial charge in [0, 0.05) is 17.3 Å². The van der Waals surface area contributed by atoms with E-state index >= 15 is 0 Å². The largest absolute Gasteiger partial charge is 0.416 e. The number of piperidine rings is 1. The molecule has 2 amide bonds. The van der Waals surface area contributed by atoms with Gasteiger partial charge in [-0.25, -0.2) is 0 Å². The topological polar surface area (TPSA) is 61.4 Å². The van der Waals surface area contributed by atoms with Crippen LogP contribution in [0.3, 0.4) is 0 Å². The van der Waals surface area contributed by atoms with Crippen molar-refractivity contribution in [3.63, 3.8) is 0 Å². The molecule has 0 aliphatic carbocycles. The number of hydrogen-bond acceptors (Lipinski definition) is 3. The van der Waals surface area contributed by atoms with Gasteiger partial charge in [0.1, 0.15) is 0 Å². The molecule has 0 radical (unpaired) electrons. The van der Waals surface area contributed by atoms with Gasteiger partial charge in [-0.15, -0.1) is 0 Å². The third-order valence-electron chi connectivity index (χ3n) is 5.14. The van der Waals surface area contributed by atoms with E-state index in [1.807, 2.05) is 36.1 Å². The van der Waals surface area contributed by atoms with Gasteiger partial charge < -0.3 is 10.6 Å². The summed E-state index contributed by atoms with van der Waals surface area (Å²) < 4.78 is 37.9. The molecule has 2 N–H and O–H groups in total. The van der Waals surface area contributed by atoms with Crippen LogP contribution >= 0.6 is 0 Å². The highest BCUT2D eigenvalue weighted by molar-refractivity contribution is 5.93. The van der Waals surface area contributed by atoms with E-state index in [1.54, 1.807) is 0 Å². The standard InChI is InChI=1S/C22H24F3N3O2/c1-15-2-6-18(7-3-15)26-20(29)14-28-12-10-16(11-13-28)21(30)27-19-8-4-17(5-9-19)22(23,24)25/h2-9,16H,10-14H2,1H3,(H,26,29)(H,27,30). The molecule has 0 atom stereocenters. The Kier molecular flexibility index (Phi) is 6.77. The van der Waals surface area contributed by atoms with Gasteiger partial charge in [0.2, 0.25) is 11.8 Å². The maximum absolute atomic E-state index is 12.6. The number of alkyl halides is 3. The van der Waals surface area contributed by atoms with Crippen molar-refractivity contribution in [1.29, 1.82) is 0 Å². The molecule has 0 spiro atoms. The second-order valence-corrected chi connectivity index (χ2v) is 7.53. The van der Waals surface area contributed by atoms with E-state index < -0.39 is 11.7 Å². The van der Waals surface area contributed by atoms with Gasteiger partial charge in [-0.3, -0.25) is 14.5 Å². The van der Waals surface area contributed by atoms with Crippen molar-refractivity contribution in [3.05, 3.63) is 59.7 Å². The van der Waals surface area contributed by atoms with Crippen molar-refractivity contribution >= 4 is 23.2 Å². The number of benzene rings is 2. The highest BCUT2D eigenvalue weighted by Crippen LogP contribution is 2.30. The van der Waals surface area contributed by atoms with E-state index in [9.17, 15) is 22.8 Å². The van der Waals surface area contributed by atoms with Gasteiger partial charge in [-0.05, 0) is 69.3 Å². The lowest BCUT2D eigenvalue weighted by atomic mass is 9.95. The number of anilines is 2. The number of amides is 2. The molecule has 0 bridgehead atoms. The summed E-state index contributed by atoms with van der Waals surface area (Å²) in [6.45, 7) is 3.43. The average molecular weight is 419 g/mol. The van der Waals surface area contributed by atoms with Crippen molar-refractivity contribution in [2.24, 2.45) is 5.92 Å². The molecule has 2 aromatic rings. The van der Waals surface area contributed by atoms with Gasteiger partial charge in [0.15, 0.2) is 0 Å². The Balaban J connectivity index is 1.43. The predicted molar refractivity (Wildman–Crippen MR) is 109 cm³/mol. The van der Waals surface area contributed by atoms with Crippen molar-refractivity contribution < 1.29 is 22.8 Å². The van der Waals surface area contributed by atoms with Crippen LogP contribution in [0.25, 0.3) is 0 Å². The molecule has 5 nitrogen and oxygen atoms in total. The number of carbonyl (C=O) groups excluding carboxylic acids is 2. The zero-order valence-electron chi connectivity index (χ0n) is 16.6. The van der Waals surface area contributed by atoms with Crippen LogP contribution in [0.15, 0.2) is 48.5 Å². The van der Waals surface area contributed by atoms with Crippen molar-refractivity contribution in [3.8, 4) is 0 Å². The number of halogens is 3. The number of rotatable bonds is 5. The first-order valence-electron chi connectivity index (χ1n) is 9.78. The van der Waals surface area contributed by atoms with Crippen LogP contribution in [0, 0.1) is 12.8 Å². The Hall–Kier alpha value is -2.87. The van der Waals surface area contributed by atoms with E-state index in [0.29, 0.717) is 31.6 Å². The highest BCUT2D eigenvalue weighted by atomic mass is 19.4. The fourth-order valence-electron chi connectivity index (χ4n) is 3.38. The van der Waals surface area contributed by atoms with Gasteiger partial charge in [-0.1, -0.05) is 17.7 Å². The molecule has 3 rings (SSSR count). The van der Waals surface area contributed by atoms with Crippen molar-refractivity contribution in [2.45, 2.75) is 25.9 Å². The number of carbonyl (C=O) groups is 2. The Morgan fingerprint density at radius 1 is 0.933 bits per heavy atom. The first kappa shape index (κ1) is 21.8. The summed E-state index contributed by atoms with van der Waals surface area (Å²) in [7, 11) is 0. The molecule has 1 saturated heterocycles. The van der Waals surface area contributed by atoms with E-state index in [2.05, 4.69) is 10.6 Å². The summed E-state index contributed by atoms with van der Waals surface area (Å²) in [6.07, 6.45) is -3.23. The molecule has 0 aromatic heterocycles. The predicted octanol–water partition coefficient (Wildman–Crippen LogP) is 4.30. The number of likely N-dealkylation sites (tertiary alicyclic amines) is 1. The first-order chi connectivity index (χ1) is 14.2. The second kappa shape index (κ2) is 9.30. The monoisotopic (exact) mass is 419 g/mol. The fourth-order valence-corrected chi connectivity index (χ4v) is 3.38. The maximum atomic E-state index is 12.6. The Bertz CT molecular complexity index is 872. The Morgan fingerprint density at radius 3 is 2.03 bits per heavy atom. The molecular weight excluding hydrogens is 395 g/mol. The summed E-state index contributed by atoms with van der Waals surface area (Å²) >= 11 is 0. The molecule has 1 heterocycles. The summed E-state index contributed by atoms with van der Waals surface area (Å²) in [5.41, 5.74) is 1.45. The third kappa shape index (κ3) is 6.06. The number of nitrogens with one attached hydrogen (secondary N) is 2. The Morgan fingerprint density at radius 2 is 1.47 bits per heavy atom. The van der Waals surface area contributed by atoms with E-state index in [4.69, 9.17) is 0 Å². The van der Waals surface area contributed by atoms with Crippen LogP contribution in [0.4, 0.5) is 24.5 Å². The number of hydrogen-bond donors (Lipinski definition) is 2. The third-order valence-corrected chi connectivity index (χ3v) is 5.14. The molecule has 30 heavy (non-hydrogen) atoms. The minimum Gasteiger partial charge on any atom is -0.326 e. The molecule has 160 valence electrons. The second-order valence-electron chi connectivity index (χ2n) is 7.53. The van der Waals surface area contributed by atoms with Crippen LogP contribution < -0.4 is 10.6 Å². The molecule has 1 fully saturated rings. The molecule has 0 unspecified atom stereocenters. The zero-order chi connectivity index (χ0) is 21.7. The minimum absolute atomic E-state index is 0.105. The summed E-state index contributed by atoms with van der Waals surface area (Å²) in [5.74, 6) is -0.547. The Labute approximate surface area is 173 Å². The van der Waals surface area contributed by atoms with Crippen LogP contribution in [0.5, 0.6) is 0 Å². The molecular formula is C22H24F3N3O2. The van der Waals surface area contributed by atoms with Gasteiger partial charge in [-0.2, -0.15) is 13.2 Å². The quantitative estimate of drug-likeness (QED) is 0.760. The van der Waals surface area contributed by atoms with Crippen LogP contribution in [-0.2, 0) is 15.8 Å². The van der Waals surface area contributed by atoms with Crippen LogP contribution in [-0.4, -0.2) is 36.3 Å². The van der Waals surface area contributed by atoms with Crippen molar-refractivity contribution in [1.82, 2.24) is 4.90 Å². The lowest BCUT2D eigenvalue weighted by Gasteiger charge is -2.30. The van der Waals surface area contributed by atoms with Gasteiger partial charge in [0.25, 0.3) is 0 Å². The number of nitrogens with zero attached hydrogens (tertiary/aromatic N) is 1. The fraction of sp³-hybridized carbons (Fsp3) is 0.364. The SMILES string of the molecule is Cc1ccc(NC(=O)CN2CCC(C(=O)Nc3ccc(C(F)(F)F)cc3)CC2)cc1. The average Bonchev–Trinajstić information content (AvgIpc) is 2.70. The lowest BCUT2D eigenvalue weighted by Crippen LogP contribution is -2.41. The van der Waals surface area contributed by atoms with Gasteiger partial charge in [0.05, 0.1) is 12.1 Å². The summed E-state index contributed by atoms with van der Waals surface area (Å²) in [6, 6.07) is 12.0. The minimum atomic E-state index is -4.40. The molecule has 2 aromatic carbocycles. The molecule has 1 aliphatic rings. The zero-order valence-corrected chi connectivity index (χ0v) is 16.6. The van der Waals surface area contributed by atoms with Crippen LogP contribution in [0.2, 0.25) is 0 Å². The van der Waals surface area contributed by atoms with E-state index in [-0.39, 0.29) is 24.3 Å². The molecule has 8 heteroatoms. The van der Waals surface area contributed by atoms with Gasteiger partial charge >= 0.3 is 6.18 Å². The molecule has 1 aliphatic heterocycles. The molecule has 0 saturated carbocycles. The van der Waals surface area contributed by atoms with E-state index in [1.165, 1.54) is 12.1 Å². The highest BCUT2D eigenvalue weighted by Gasteiger charge is 2.30. The van der Waals surface area contributed by atoms with Crippen LogP contribution in [0.1, 0.15) is 24.0 Å². The smallest absolute Gasteiger partial charge is 0.326 e. The number of aryl methyl sites for hydroxylation is 1. The normalized spacial score (nSPS) is 15.6.